The van der Waals surface area contributed by atoms with Gasteiger partial charge in [0.2, 0.25) is 0 Å². The predicted molar refractivity (Wildman–Crippen MR) is 83.9 cm³/mol. The summed E-state index contributed by atoms with van der Waals surface area (Å²) in [6.45, 7) is 5.42. The van der Waals surface area contributed by atoms with Crippen molar-refractivity contribution in [3.8, 4) is 0 Å². The van der Waals surface area contributed by atoms with E-state index in [4.69, 9.17) is 0 Å². The van der Waals surface area contributed by atoms with Crippen LogP contribution in [0.4, 0.5) is 5.69 Å². The first-order chi connectivity index (χ1) is 9.62. The van der Waals surface area contributed by atoms with Gasteiger partial charge >= 0.3 is 0 Å². The molecule has 1 heterocycles. The normalized spacial score (nSPS) is 18.8. The van der Waals surface area contributed by atoms with Crippen LogP contribution in [0, 0.1) is 0 Å². The molecule has 1 aliphatic heterocycles. The van der Waals surface area contributed by atoms with Crippen LogP contribution in [0.3, 0.4) is 0 Å². The fraction of sp³-hybridized carbons (Fsp3) is 0.600. The molecule has 1 N–H and O–H groups in total. The number of benzene rings is 1. The van der Waals surface area contributed by atoms with Crippen molar-refractivity contribution in [2.45, 2.75) is 26.3 Å². The van der Waals surface area contributed by atoms with E-state index in [1.54, 1.807) is 0 Å². The lowest BCUT2D eigenvalue weighted by Gasteiger charge is -2.25. The first kappa shape index (κ1) is 15.3. The summed E-state index contributed by atoms with van der Waals surface area (Å²) in [5.41, 5.74) is 2.42. The summed E-state index contributed by atoms with van der Waals surface area (Å²) < 4.78 is 23.4. The number of sulfone groups is 1. The van der Waals surface area contributed by atoms with Crippen LogP contribution < -0.4 is 10.2 Å². The van der Waals surface area contributed by atoms with Gasteiger partial charge in [0.1, 0.15) is 0 Å². The van der Waals surface area contributed by atoms with Crippen LogP contribution in [0.15, 0.2) is 24.3 Å². The molecule has 5 heteroatoms. The molecule has 1 saturated heterocycles. The molecule has 0 unspecified atom stereocenters. The summed E-state index contributed by atoms with van der Waals surface area (Å²) in [5, 5.41) is 3.42. The van der Waals surface area contributed by atoms with Crippen LogP contribution in [-0.2, 0) is 16.4 Å². The van der Waals surface area contributed by atoms with E-state index in [0.717, 1.165) is 32.5 Å². The second-order valence-corrected chi connectivity index (χ2v) is 7.60. The van der Waals surface area contributed by atoms with Crippen LogP contribution in [0.2, 0.25) is 0 Å². The molecule has 0 atom stereocenters. The molecule has 0 bridgehead atoms. The van der Waals surface area contributed by atoms with Crippen molar-refractivity contribution < 1.29 is 8.42 Å². The van der Waals surface area contributed by atoms with Crippen molar-refractivity contribution in [3.05, 3.63) is 29.8 Å². The average Bonchev–Trinajstić information content (AvgIpc) is 2.61. The summed E-state index contributed by atoms with van der Waals surface area (Å²) in [7, 11) is -2.85. The largest absolute Gasteiger partial charge is 0.370 e. The lowest BCUT2D eigenvalue weighted by Crippen LogP contribution is -2.28. The van der Waals surface area contributed by atoms with Gasteiger partial charge in [-0.25, -0.2) is 8.42 Å². The molecule has 1 aromatic rings. The van der Waals surface area contributed by atoms with Crippen molar-refractivity contribution >= 4 is 15.5 Å². The van der Waals surface area contributed by atoms with Crippen LogP contribution in [-0.4, -0.2) is 39.6 Å². The van der Waals surface area contributed by atoms with E-state index < -0.39 is 9.84 Å². The van der Waals surface area contributed by atoms with Crippen molar-refractivity contribution in [2.24, 2.45) is 0 Å². The maximum absolute atomic E-state index is 11.7. The summed E-state index contributed by atoms with van der Waals surface area (Å²) in [4.78, 5) is 2.22. The molecule has 0 saturated carbocycles. The number of anilines is 1. The van der Waals surface area contributed by atoms with E-state index in [2.05, 4.69) is 29.3 Å². The molecule has 0 aliphatic carbocycles. The summed E-state index contributed by atoms with van der Waals surface area (Å²) in [5.74, 6) is 0.587. The number of hydrogen-bond acceptors (Lipinski definition) is 4. The SMILES string of the molecule is CCCNCc1ccccc1N1CCCS(=O)(=O)CC1. The first-order valence-electron chi connectivity index (χ1n) is 7.36. The van der Waals surface area contributed by atoms with Gasteiger partial charge in [-0.15, -0.1) is 0 Å². The summed E-state index contributed by atoms with van der Waals surface area (Å²) in [6.07, 6.45) is 1.84. The summed E-state index contributed by atoms with van der Waals surface area (Å²) in [6, 6.07) is 8.29. The zero-order valence-electron chi connectivity index (χ0n) is 12.1. The topological polar surface area (TPSA) is 49.4 Å². The zero-order valence-corrected chi connectivity index (χ0v) is 13.0. The van der Waals surface area contributed by atoms with Crippen LogP contribution in [0.1, 0.15) is 25.3 Å². The third-order valence-corrected chi connectivity index (χ3v) is 5.35. The lowest BCUT2D eigenvalue weighted by atomic mass is 10.1. The Bertz CT molecular complexity index is 528. The first-order valence-corrected chi connectivity index (χ1v) is 9.18. The van der Waals surface area contributed by atoms with Crippen molar-refractivity contribution in [1.29, 1.82) is 0 Å². The molecule has 4 nitrogen and oxygen atoms in total. The average molecular weight is 296 g/mol. The van der Waals surface area contributed by atoms with Crippen LogP contribution >= 0.6 is 0 Å². The highest BCUT2D eigenvalue weighted by Gasteiger charge is 2.20. The Hall–Kier alpha value is -1.07. The Morgan fingerprint density at radius 2 is 2.00 bits per heavy atom. The van der Waals surface area contributed by atoms with Gasteiger partial charge in [0, 0.05) is 25.3 Å². The molecule has 0 spiro atoms. The molecule has 1 fully saturated rings. The van der Waals surface area contributed by atoms with Gasteiger partial charge in [0.25, 0.3) is 0 Å². The third kappa shape index (κ3) is 4.21. The number of rotatable bonds is 5. The van der Waals surface area contributed by atoms with E-state index in [-0.39, 0.29) is 5.75 Å². The van der Waals surface area contributed by atoms with E-state index in [0.29, 0.717) is 12.3 Å². The Morgan fingerprint density at radius 1 is 1.20 bits per heavy atom. The van der Waals surface area contributed by atoms with Crippen molar-refractivity contribution in [2.75, 3.05) is 36.0 Å². The smallest absolute Gasteiger partial charge is 0.152 e. The number of nitrogens with one attached hydrogen (secondary N) is 1. The van der Waals surface area contributed by atoms with Gasteiger partial charge in [-0.05, 0) is 31.0 Å². The molecule has 0 amide bonds. The molecule has 1 aliphatic rings. The van der Waals surface area contributed by atoms with Gasteiger partial charge in [-0.2, -0.15) is 0 Å². The molecule has 112 valence electrons. The minimum absolute atomic E-state index is 0.268. The molecule has 0 radical (unpaired) electrons. The van der Waals surface area contributed by atoms with Gasteiger partial charge in [0.15, 0.2) is 9.84 Å². The Kier molecular flexibility index (Phi) is 5.43. The maximum atomic E-state index is 11.7. The molecule has 0 aromatic heterocycles. The van der Waals surface area contributed by atoms with Crippen LogP contribution in [0.25, 0.3) is 0 Å². The molecular formula is C15H24N2O2S. The van der Waals surface area contributed by atoms with Crippen LogP contribution in [0.5, 0.6) is 0 Å². The third-order valence-electron chi connectivity index (χ3n) is 3.63. The highest BCUT2D eigenvalue weighted by molar-refractivity contribution is 7.91. The zero-order chi connectivity index (χ0) is 14.4. The van der Waals surface area contributed by atoms with Gasteiger partial charge in [0.05, 0.1) is 11.5 Å². The van der Waals surface area contributed by atoms with Gasteiger partial charge < -0.3 is 10.2 Å². The Labute approximate surface area is 122 Å². The fourth-order valence-electron chi connectivity index (χ4n) is 2.55. The number of nitrogens with zero attached hydrogens (tertiary/aromatic N) is 1. The Balaban J connectivity index is 2.11. The predicted octanol–water partition coefficient (Wildman–Crippen LogP) is 1.81. The highest BCUT2D eigenvalue weighted by Crippen LogP contribution is 2.22. The fourth-order valence-corrected chi connectivity index (χ4v) is 3.82. The minimum Gasteiger partial charge on any atom is -0.370 e. The quantitative estimate of drug-likeness (QED) is 0.842. The minimum atomic E-state index is -2.85. The van der Waals surface area contributed by atoms with E-state index >= 15 is 0 Å². The molecule has 20 heavy (non-hydrogen) atoms. The van der Waals surface area contributed by atoms with Crippen molar-refractivity contribution in [3.63, 3.8) is 0 Å². The summed E-state index contributed by atoms with van der Waals surface area (Å²) >= 11 is 0. The second kappa shape index (κ2) is 7.09. The second-order valence-electron chi connectivity index (χ2n) is 5.30. The Morgan fingerprint density at radius 3 is 2.80 bits per heavy atom. The van der Waals surface area contributed by atoms with E-state index in [9.17, 15) is 8.42 Å². The van der Waals surface area contributed by atoms with Crippen molar-refractivity contribution in [1.82, 2.24) is 5.32 Å². The standard InChI is InChI=1S/C15H24N2O2S/c1-2-8-16-13-14-6-3-4-7-15(14)17-9-5-11-20(18,19)12-10-17/h3-4,6-7,16H,2,5,8-13H2,1H3. The van der Waals surface area contributed by atoms with E-state index in [1.165, 1.54) is 11.3 Å². The maximum Gasteiger partial charge on any atom is 0.152 e. The number of hydrogen-bond donors (Lipinski definition) is 1. The number of para-hydroxylation sites is 1. The molecular weight excluding hydrogens is 272 g/mol. The van der Waals surface area contributed by atoms with Gasteiger partial charge in [-0.1, -0.05) is 25.1 Å². The van der Waals surface area contributed by atoms with E-state index in [1.807, 2.05) is 12.1 Å². The van der Waals surface area contributed by atoms with Gasteiger partial charge in [-0.3, -0.25) is 0 Å². The highest BCUT2D eigenvalue weighted by atomic mass is 32.2. The molecule has 2 rings (SSSR count). The molecule has 1 aromatic carbocycles. The lowest BCUT2D eigenvalue weighted by molar-refractivity contribution is 0.597. The monoisotopic (exact) mass is 296 g/mol.